The molecule has 0 fully saturated rings. The Hall–Kier alpha value is -1.67. The molecular formula is C21H39NO7. The van der Waals surface area contributed by atoms with Crippen LogP contribution >= 0.6 is 0 Å². The van der Waals surface area contributed by atoms with E-state index in [2.05, 4.69) is 0 Å². The van der Waals surface area contributed by atoms with Crippen molar-refractivity contribution >= 4 is 17.9 Å². The highest BCUT2D eigenvalue weighted by atomic mass is 16.6. The Morgan fingerprint density at radius 2 is 0.966 bits per heavy atom. The smallest absolute Gasteiger partial charge is 0.305 e. The van der Waals surface area contributed by atoms with Gasteiger partial charge in [-0.2, -0.15) is 0 Å². The molecule has 0 aromatic rings. The van der Waals surface area contributed by atoms with Crippen molar-refractivity contribution in [2.24, 2.45) is 5.73 Å². The summed E-state index contributed by atoms with van der Waals surface area (Å²) in [6.07, 6.45) is 8.46. The fourth-order valence-electron chi connectivity index (χ4n) is 2.51. The molecule has 0 atom stereocenters. The Kier molecular flexibility index (Phi) is 19.8. The second-order valence-electron chi connectivity index (χ2n) is 6.87. The Labute approximate surface area is 174 Å². The first-order valence-electron chi connectivity index (χ1n) is 10.8. The van der Waals surface area contributed by atoms with E-state index in [9.17, 15) is 14.4 Å². The molecule has 0 saturated carbocycles. The molecule has 0 aliphatic rings. The molecule has 0 spiro atoms. The number of carbonyl (C=O) groups is 3. The first-order valence-corrected chi connectivity index (χ1v) is 10.8. The molecule has 8 heteroatoms. The highest BCUT2D eigenvalue weighted by Crippen LogP contribution is 2.06. The van der Waals surface area contributed by atoms with E-state index in [0.29, 0.717) is 45.6 Å². The monoisotopic (exact) mass is 417 g/mol. The van der Waals surface area contributed by atoms with Gasteiger partial charge in [0.05, 0.1) is 19.8 Å². The molecular weight excluding hydrogens is 378 g/mol. The van der Waals surface area contributed by atoms with Crippen molar-refractivity contribution in [3.05, 3.63) is 0 Å². The third-order valence-electron chi connectivity index (χ3n) is 4.21. The van der Waals surface area contributed by atoms with Crippen LogP contribution < -0.4 is 5.73 Å². The third kappa shape index (κ3) is 20.9. The zero-order chi connectivity index (χ0) is 21.6. The van der Waals surface area contributed by atoms with Crippen LogP contribution in [0.5, 0.6) is 0 Å². The molecule has 0 aliphatic carbocycles. The van der Waals surface area contributed by atoms with Crippen molar-refractivity contribution in [3.63, 3.8) is 0 Å². The summed E-state index contributed by atoms with van der Waals surface area (Å²) in [7, 11) is 1.56. The highest BCUT2D eigenvalue weighted by Gasteiger charge is 2.05. The minimum atomic E-state index is -0.226. The van der Waals surface area contributed by atoms with E-state index in [0.717, 1.165) is 57.8 Å². The van der Waals surface area contributed by atoms with Crippen molar-refractivity contribution in [3.8, 4) is 0 Å². The van der Waals surface area contributed by atoms with Crippen molar-refractivity contribution in [2.45, 2.75) is 77.0 Å². The average molecular weight is 418 g/mol. The van der Waals surface area contributed by atoms with Crippen LogP contribution in [0.15, 0.2) is 0 Å². The van der Waals surface area contributed by atoms with Gasteiger partial charge in [-0.3, -0.25) is 14.4 Å². The van der Waals surface area contributed by atoms with Gasteiger partial charge >= 0.3 is 17.9 Å². The number of esters is 3. The van der Waals surface area contributed by atoms with Gasteiger partial charge in [0, 0.05) is 26.4 Å². The summed E-state index contributed by atoms with van der Waals surface area (Å²) in [5.74, 6) is -0.595. The zero-order valence-corrected chi connectivity index (χ0v) is 18.0. The number of unbranched alkanes of at least 4 members (excludes halogenated alkanes) is 6. The summed E-state index contributed by atoms with van der Waals surface area (Å²) >= 11 is 0. The number of hydrogen-bond donors (Lipinski definition) is 1. The first kappa shape index (κ1) is 27.3. The van der Waals surface area contributed by atoms with Crippen LogP contribution in [0.1, 0.15) is 77.0 Å². The van der Waals surface area contributed by atoms with Crippen molar-refractivity contribution in [1.82, 2.24) is 0 Å². The minimum Gasteiger partial charge on any atom is -0.466 e. The standard InChI is InChI=1S/C21H39NO7/c1-26-17-18-29-21(25)13-7-4-10-16-28-20(24)12-6-3-9-15-27-19(23)11-5-2-8-14-22/h2-18,22H2,1H3. The number of nitrogens with two attached hydrogens (primary N) is 1. The maximum Gasteiger partial charge on any atom is 0.305 e. The Morgan fingerprint density at radius 1 is 0.552 bits per heavy atom. The van der Waals surface area contributed by atoms with Gasteiger partial charge in [0.1, 0.15) is 6.61 Å². The van der Waals surface area contributed by atoms with E-state index < -0.39 is 0 Å². The lowest BCUT2D eigenvalue weighted by Gasteiger charge is -2.06. The van der Waals surface area contributed by atoms with E-state index in [1.54, 1.807) is 7.11 Å². The molecule has 0 aromatic carbocycles. The topological polar surface area (TPSA) is 114 Å². The van der Waals surface area contributed by atoms with Gasteiger partial charge in [-0.15, -0.1) is 0 Å². The molecule has 0 bridgehead atoms. The minimum absolute atomic E-state index is 0.162. The molecule has 170 valence electrons. The molecule has 0 radical (unpaired) electrons. The lowest BCUT2D eigenvalue weighted by Crippen LogP contribution is -2.09. The zero-order valence-electron chi connectivity index (χ0n) is 18.0. The quantitative estimate of drug-likeness (QED) is 0.183. The van der Waals surface area contributed by atoms with E-state index >= 15 is 0 Å². The third-order valence-corrected chi connectivity index (χ3v) is 4.21. The number of rotatable bonds is 20. The molecule has 0 heterocycles. The van der Waals surface area contributed by atoms with Gasteiger partial charge in [-0.1, -0.05) is 6.42 Å². The number of hydrogen-bond acceptors (Lipinski definition) is 8. The van der Waals surface area contributed by atoms with Gasteiger partial charge in [-0.25, -0.2) is 0 Å². The Balaban J connectivity index is 3.36. The first-order chi connectivity index (χ1) is 14.1. The van der Waals surface area contributed by atoms with E-state index in [4.69, 9.17) is 24.7 Å². The summed E-state index contributed by atoms with van der Waals surface area (Å²) in [6, 6.07) is 0. The SMILES string of the molecule is COCCOC(=O)CCCCCOC(=O)CCCCCOC(=O)CCCCCN. The van der Waals surface area contributed by atoms with Crippen molar-refractivity contribution in [1.29, 1.82) is 0 Å². The van der Waals surface area contributed by atoms with Crippen LogP contribution in [0, 0.1) is 0 Å². The molecule has 0 rings (SSSR count). The predicted octanol–water partition coefficient (Wildman–Crippen LogP) is 2.90. The summed E-state index contributed by atoms with van der Waals surface area (Å²) in [4.78, 5) is 34.5. The summed E-state index contributed by atoms with van der Waals surface area (Å²) < 4.78 is 20.1. The summed E-state index contributed by atoms with van der Waals surface area (Å²) in [6.45, 7) is 2.12. The van der Waals surface area contributed by atoms with Crippen molar-refractivity contribution < 1.29 is 33.3 Å². The molecule has 0 amide bonds. The predicted molar refractivity (Wildman–Crippen MR) is 109 cm³/mol. The van der Waals surface area contributed by atoms with Crippen LogP contribution in [-0.4, -0.2) is 58.0 Å². The second-order valence-corrected chi connectivity index (χ2v) is 6.87. The van der Waals surface area contributed by atoms with Gasteiger partial charge in [0.25, 0.3) is 0 Å². The maximum absolute atomic E-state index is 11.6. The molecule has 0 aromatic heterocycles. The number of ether oxygens (including phenoxy) is 4. The van der Waals surface area contributed by atoms with Gasteiger partial charge in [0.2, 0.25) is 0 Å². The largest absolute Gasteiger partial charge is 0.466 e. The fourth-order valence-corrected chi connectivity index (χ4v) is 2.51. The second kappa shape index (κ2) is 21.0. The lowest BCUT2D eigenvalue weighted by molar-refractivity contribution is -0.146. The molecule has 2 N–H and O–H groups in total. The Bertz CT molecular complexity index is 429. The normalized spacial score (nSPS) is 10.6. The average Bonchev–Trinajstić information content (AvgIpc) is 2.70. The number of carbonyl (C=O) groups excluding carboxylic acids is 3. The molecule has 29 heavy (non-hydrogen) atoms. The van der Waals surface area contributed by atoms with Crippen LogP contribution in [0.3, 0.4) is 0 Å². The van der Waals surface area contributed by atoms with E-state index in [-0.39, 0.29) is 24.5 Å². The van der Waals surface area contributed by atoms with E-state index in [1.165, 1.54) is 0 Å². The van der Waals surface area contributed by atoms with Gasteiger partial charge < -0.3 is 24.7 Å². The lowest BCUT2D eigenvalue weighted by atomic mass is 10.2. The highest BCUT2D eigenvalue weighted by molar-refractivity contribution is 5.70. The van der Waals surface area contributed by atoms with E-state index in [1.807, 2.05) is 0 Å². The fraction of sp³-hybridized carbons (Fsp3) is 0.857. The Morgan fingerprint density at radius 3 is 1.38 bits per heavy atom. The van der Waals surface area contributed by atoms with Gasteiger partial charge in [-0.05, 0) is 57.9 Å². The van der Waals surface area contributed by atoms with Crippen LogP contribution in [0.4, 0.5) is 0 Å². The van der Waals surface area contributed by atoms with Gasteiger partial charge in [0.15, 0.2) is 0 Å². The molecule has 0 unspecified atom stereocenters. The molecule has 0 aliphatic heterocycles. The van der Waals surface area contributed by atoms with Crippen molar-refractivity contribution in [2.75, 3.05) is 40.1 Å². The summed E-state index contributed by atoms with van der Waals surface area (Å²) in [5.41, 5.74) is 5.40. The molecule has 0 saturated heterocycles. The maximum atomic E-state index is 11.6. The van der Waals surface area contributed by atoms with Crippen LogP contribution in [-0.2, 0) is 33.3 Å². The number of methoxy groups -OCH3 is 1. The summed E-state index contributed by atoms with van der Waals surface area (Å²) in [5, 5.41) is 0. The van der Waals surface area contributed by atoms with Crippen LogP contribution in [0.25, 0.3) is 0 Å². The molecule has 8 nitrogen and oxygen atoms in total. The van der Waals surface area contributed by atoms with Crippen LogP contribution in [0.2, 0.25) is 0 Å².